The van der Waals surface area contributed by atoms with E-state index in [0.29, 0.717) is 31.1 Å². The van der Waals surface area contributed by atoms with Gasteiger partial charge in [0.05, 0.1) is 25.5 Å². The van der Waals surface area contributed by atoms with Crippen LogP contribution in [0.2, 0.25) is 0 Å². The lowest BCUT2D eigenvalue weighted by Crippen LogP contribution is -2.35. The average molecular weight is 319 g/mol. The molecule has 0 saturated carbocycles. The van der Waals surface area contributed by atoms with Gasteiger partial charge in [0.1, 0.15) is 9.88 Å². The molecule has 0 aliphatic carbocycles. The molecule has 22 heavy (non-hydrogen) atoms. The maximum Gasteiger partial charge on any atom is 0.348 e. The minimum Gasteiger partial charge on any atom is -0.477 e. The van der Waals surface area contributed by atoms with Crippen LogP contribution in [0, 0.1) is 0 Å². The number of thiazole rings is 1. The number of nitrogen functional groups attached to an aromatic ring is 1. The van der Waals surface area contributed by atoms with E-state index in [1.807, 2.05) is 0 Å². The molecule has 1 aromatic heterocycles. The molecule has 0 unspecified atom stereocenters. The largest absolute Gasteiger partial charge is 0.477 e. The van der Waals surface area contributed by atoms with Crippen molar-refractivity contribution < 1.29 is 14.6 Å². The van der Waals surface area contributed by atoms with Crippen LogP contribution in [-0.2, 0) is 11.3 Å². The maximum absolute atomic E-state index is 11.5. The Kier molecular flexibility index (Phi) is 4.37. The summed E-state index contributed by atoms with van der Waals surface area (Å²) in [5, 5.41) is 10.2. The Hall–Kier alpha value is -1.96. The van der Waals surface area contributed by atoms with Gasteiger partial charge in [-0.2, -0.15) is 0 Å². The highest BCUT2D eigenvalue weighted by atomic mass is 32.1. The molecule has 1 aliphatic heterocycles. The number of ether oxygens (including phenoxy) is 1. The molecular weight excluding hydrogens is 302 g/mol. The van der Waals surface area contributed by atoms with E-state index in [2.05, 4.69) is 9.88 Å². The molecule has 0 spiro atoms. The zero-order chi connectivity index (χ0) is 15.5. The third kappa shape index (κ3) is 3.27. The number of nitrogens with two attached hydrogens (primary N) is 1. The number of benzene rings is 1. The fourth-order valence-electron chi connectivity index (χ4n) is 2.36. The van der Waals surface area contributed by atoms with E-state index in [1.165, 1.54) is 11.3 Å². The Bertz CT molecular complexity index is 663. The lowest BCUT2D eigenvalue weighted by Gasteiger charge is -2.25. The van der Waals surface area contributed by atoms with Crippen molar-refractivity contribution >= 4 is 23.0 Å². The Morgan fingerprint density at radius 3 is 2.64 bits per heavy atom. The molecule has 6 nitrogen and oxygen atoms in total. The number of carboxylic acids is 1. The van der Waals surface area contributed by atoms with Crippen LogP contribution in [0.25, 0.3) is 11.3 Å². The molecule has 2 heterocycles. The lowest BCUT2D eigenvalue weighted by molar-refractivity contribution is 0.0341. The Morgan fingerprint density at radius 1 is 1.32 bits per heavy atom. The van der Waals surface area contributed by atoms with Gasteiger partial charge in [0.25, 0.3) is 0 Å². The number of morpholine rings is 1. The van der Waals surface area contributed by atoms with Crippen LogP contribution < -0.4 is 5.73 Å². The van der Waals surface area contributed by atoms with Gasteiger partial charge in [0, 0.05) is 24.3 Å². The van der Waals surface area contributed by atoms with Crippen LogP contribution >= 0.6 is 11.3 Å². The number of carbonyl (C=O) groups is 1. The second kappa shape index (κ2) is 6.43. The third-order valence-corrected chi connectivity index (χ3v) is 4.54. The van der Waals surface area contributed by atoms with E-state index in [4.69, 9.17) is 10.5 Å². The summed E-state index contributed by atoms with van der Waals surface area (Å²) in [5.41, 5.74) is 7.61. The number of nitrogens with zero attached hydrogens (tertiary/aromatic N) is 2. The molecule has 0 bridgehead atoms. The number of hydrogen-bond acceptors (Lipinski definition) is 6. The Balaban J connectivity index is 1.88. The van der Waals surface area contributed by atoms with Crippen molar-refractivity contribution in [3.63, 3.8) is 0 Å². The van der Waals surface area contributed by atoms with Gasteiger partial charge in [-0.05, 0) is 12.1 Å². The van der Waals surface area contributed by atoms with Crippen molar-refractivity contribution in [2.75, 3.05) is 32.0 Å². The molecule has 116 valence electrons. The predicted molar refractivity (Wildman–Crippen MR) is 85.0 cm³/mol. The summed E-state index contributed by atoms with van der Waals surface area (Å²) in [7, 11) is 0. The van der Waals surface area contributed by atoms with Crippen LogP contribution in [0.15, 0.2) is 24.3 Å². The number of anilines is 1. The highest BCUT2D eigenvalue weighted by Gasteiger charge is 2.20. The highest BCUT2D eigenvalue weighted by Crippen LogP contribution is 2.29. The number of carboxylic acid groups (broad SMARTS) is 1. The summed E-state index contributed by atoms with van der Waals surface area (Å²) in [6.07, 6.45) is 0. The third-order valence-electron chi connectivity index (χ3n) is 3.51. The number of aromatic carboxylic acids is 1. The van der Waals surface area contributed by atoms with Crippen LogP contribution in [0.3, 0.4) is 0 Å². The Labute approximate surface area is 132 Å². The maximum atomic E-state index is 11.5. The molecule has 3 rings (SSSR count). The predicted octanol–water partition coefficient (Wildman–Crippen LogP) is 1.92. The van der Waals surface area contributed by atoms with Crippen molar-refractivity contribution in [1.82, 2.24) is 9.88 Å². The first-order chi connectivity index (χ1) is 10.6. The van der Waals surface area contributed by atoms with Gasteiger partial charge in [0.2, 0.25) is 0 Å². The molecule has 0 amide bonds. The van der Waals surface area contributed by atoms with Crippen LogP contribution in [0.4, 0.5) is 5.69 Å². The number of aromatic nitrogens is 1. The van der Waals surface area contributed by atoms with E-state index < -0.39 is 5.97 Å². The standard InChI is InChI=1S/C15H17N3O3S/c16-11-3-1-10(2-4-11)13-14(15(19)20)22-12(17-13)9-18-5-7-21-8-6-18/h1-4H,5-9,16H2,(H,19,20). The summed E-state index contributed by atoms with van der Waals surface area (Å²) in [6.45, 7) is 3.77. The monoisotopic (exact) mass is 319 g/mol. The molecule has 0 radical (unpaired) electrons. The Morgan fingerprint density at radius 2 is 2.00 bits per heavy atom. The van der Waals surface area contributed by atoms with Gasteiger partial charge in [-0.15, -0.1) is 11.3 Å². The molecule has 7 heteroatoms. The first kappa shape index (κ1) is 15.0. The molecule has 3 N–H and O–H groups in total. The summed E-state index contributed by atoms with van der Waals surface area (Å²) in [6, 6.07) is 7.11. The summed E-state index contributed by atoms with van der Waals surface area (Å²) in [4.78, 5) is 18.5. The molecule has 1 saturated heterocycles. The lowest BCUT2D eigenvalue weighted by atomic mass is 10.1. The van der Waals surface area contributed by atoms with Crippen LogP contribution in [0.5, 0.6) is 0 Å². The fourth-order valence-corrected chi connectivity index (χ4v) is 3.33. The molecular formula is C15H17N3O3S. The van der Waals surface area contributed by atoms with Crippen LogP contribution in [-0.4, -0.2) is 47.3 Å². The molecule has 1 aromatic carbocycles. The summed E-state index contributed by atoms with van der Waals surface area (Å²) in [5.74, 6) is -0.947. The average Bonchev–Trinajstić information content (AvgIpc) is 2.93. The smallest absolute Gasteiger partial charge is 0.348 e. The second-order valence-electron chi connectivity index (χ2n) is 5.10. The topological polar surface area (TPSA) is 88.7 Å². The highest BCUT2D eigenvalue weighted by molar-refractivity contribution is 7.14. The minimum absolute atomic E-state index is 0.271. The molecule has 2 aromatic rings. The van der Waals surface area contributed by atoms with Gasteiger partial charge in [-0.3, -0.25) is 4.90 Å². The molecule has 0 atom stereocenters. The normalized spacial score (nSPS) is 15.8. The van der Waals surface area contributed by atoms with Crippen molar-refractivity contribution in [2.24, 2.45) is 0 Å². The van der Waals surface area contributed by atoms with Gasteiger partial charge < -0.3 is 15.6 Å². The van der Waals surface area contributed by atoms with E-state index >= 15 is 0 Å². The minimum atomic E-state index is -0.947. The van der Waals surface area contributed by atoms with Crippen molar-refractivity contribution in [2.45, 2.75) is 6.54 Å². The SMILES string of the molecule is Nc1ccc(-c2nc(CN3CCOCC3)sc2C(=O)O)cc1. The van der Waals surface area contributed by atoms with Gasteiger partial charge in [-0.25, -0.2) is 9.78 Å². The summed E-state index contributed by atoms with van der Waals surface area (Å²) < 4.78 is 5.32. The van der Waals surface area contributed by atoms with Crippen LogP contribution in [0.1, 0.15) is 14.7 Å². The number of rotatable bonds is 4. The van der Waals surface area contributed by atoms with Crippen molar-refractivity contribution in [3.8, 4) is 11.3 Å². The van der Waals surface area contributed by atoms with Crippen molar-refractivity contribution in [3.05, 3.63) is 34.2 Å². The fraction of sp³-hybridized carbons (Fsp3) is 0.333. The van der Waals surface area contributed by atoms with E-state index in [1.54, 1.807) is 24.3 Å². The van der Waals surface area contributed by atoms with Crippen molar-refractivity contribution in [1.29, 1.82) is 0 Å². The summed E-state index contributed by atoms with van der Waals surface area (Å²) >= 11 is 1.24. The second-order valence-corrected chi connectivity index (χ2v) is 6.18. The zero-order valence-electron chi connectivity index (χ0n) is 12.0. The van der Waals surface area contributed by atoms with Gasteiger partial charge >= 0.3 is 5.97 Å². The first-order valence-corrected chi connectivity index (χ1v) is 7.84. The number of hydrogen-bond donors (Lipinski definition) is 2. The van der Waals surface area contributed by atoms with Gasteiger partial charge in [0.15, 0.2) is 0 Å². The zero-order valence-corrected chi connectivity index (χ0v) is 12.8. The van der Waals surface area contributed by atoms with Gasteiger partial charge in [-0.1, -0.05) is 12.1 Å². The molecule has 1 fully saturated rings. The van der Waals surface area contributed by atoms with E-state index in [0.717, 1.165) is 23.7 Å². The van der Waals surface area contributed by atoms with E-state index in [-0.39, 0.29) is 4.88 Å². The van der Waals surface area contributed by atoms with E-state index in [9.17, 15) is 9.90 Å². The quantitative estimate of drug-likeness (QED) is 0.837. The molecule has 1 aliphatic rings. The first-order valence-electron chi connectivity index (χ1n) is 7.02.